The van der Waals surface area contributed by atoms with Crippen LogP contribution >= 0.6 is 0 Å². The summed E-state index contributed by atoms with van der Waals surface area (Å²) in [7, 11) is 0. The highest BCUT2D eigenvalue weighted by molar-refractivity contribution is 5.78. The second-order valence-corrected chi connectivity index (χ2v) is 6.77. The molecule has 0 heterocycles. The van der Waals surface area contributed by atoms with E-state index in [1.807, 2.05) is 6.07 Å². The number of nitrogens with zero attached hydrogens (tertiary/aromatic N) is 1. The van der Waals surface area contributed by atoms with Crippen LogP contribution in [0.3, 0.4) is 0 Å². The lowest BCUT2D eigenvalue weighted by atomic mass is 10.1. The minimum absolute atomic E-state index is 0.283. The molecular formula is C18H17F4NO3. The fourth-order valence-electron chi connectivity index (χ4n) is 2.97. The van der Waals surface area contributed by atoms with Gasteiger partial charge in [0.1, 0.15) is 6.61 Å². The summed E-state index contributed by atoms with van der Waals surface area (Å²) in [4.78, 5) is 12.2. The van der Waals surface area contributed by atoms with Crippen LogP contribution in [0.1, 0.15) is 31.9 Å². The van der Waals surface area contributed by atoms with Crippen LogP contribution < -0.4 is 0 Å². The lowest BCUT2D eigenvalue weighted by Gasteiger charge is -2.11. The molecule has 0 amide bonds. The molecule has 0 unspecified atom stereocenters. The van der Waals surface area contributed by atoms with Gasteiger partial charge >= 0.3 is 5.97 Å². The van der Waals surface area contributed by atoms with E-state index in [0.29, 0.717) is 5.57 Å². The molecule has 2 rings (SSSR count). The van der Waals surface area contributed by atoms with Crippen molar-refractivity contribution >= 4 is 5.97 Å². The zero-order valence-electron chi connectivity index (χ0n) is 14.4. The number of aliphatic hydroxyl groups excluding tert-OH is 1. The molecule has 0 saturated heterocycles. The Morgan fingerprint density at radius 1 is 1.19 bits per heavy atom. The van der Waals surface area contributed by atoms with Crippen molar-refractivity contribution in [2.75, 3.05) is 0 Å². The number of hydrogen-bond donors (Lipinski definition) is 1. The molecule has 8 heteroatoms. The van der Waals surface area contributed by atoms with Crippen molar-refractivity contribution in [3.05, 3.63) is 46.0 Å². The molecule has 2 atom stereocenters. The number of carbonyl (C=O) groups is 1. The van der Waals surface area contributed by atoms with Gasteiger partial charge in [-0.2, -0.15) is 5.26 Å². The van der Waals surface area contributed by atoms with E-state index in [0.717, 1.165) is 0 Å². The number of nitriles is 1. The van der Waals surface area contributed by atoms with E-state index in [1.165, 1.54) is 0 Å². The minimum Gasteiger partial charge on any atom is -0.460 e. The summed E-state index contributed by atoms with van der Waals surface area (Å²) in [6.07, 6.45) is 1.61. The van der Waals surface area contributed by atoms with Gasteiger partial charge in [-0.25, -0.2) is 17.6 Å². The number of carbonyl (C=O) groups excluding carboxylic acids is 1. The number of esters is 1. The first-order valence-corrected chi connectivity index (χ1v) is 7.77. The number of aliphatic hydroxyl groups is 1. The predicted molar refractivity (Wildman–Crippen MR) is 82.1 cm³/mol. The minimum atomic E-state index is -1.73. The third kappa shape index (κ3) is 3.31. The summed E-state index contributed by atoms with van der Waals surface area (Å²) >= 11 is 0. The van der Waals surface area contributed by atoms with E-state index in [-0.39, 0.29) is 5.92 Å². The largest absolute Gasteiger partial charge is 0.460 e. The highest BCUT2D eigenvalue weighted by Crippen LogP contribution is 2.59. The summed E-state index contributed by atoms with van der Waals surface area (Å²) in [5.74, 6) is -8.59. The molecule has 1 aromatic rings. The van der Waals surface area contributed by atoms with Crippen LogP contribution in [0.4, 0.5) is 17.6 Å². The van der Waals surface area contributed by atoms with Crippen molar-refractivity contribution in [2.45, 2.75) is 34.0 Å². The Bertz CT molecular complexity index is 798. The predicted octanol–water partition coefficient (Wildman–Crippen LogP) is 3.52. The molecule has 1 fully saturated rings. The van der Waals surface area contributed by atoms with Crippen LogP contribution in [0.2, 0.25) is 0 Å². The van der Waals surface area contributed by atoms with Crippen LogP contribution in [-0.4, -0.2) is 11.1 Å². The quantitative estimate of drug-likeness (QED) is 0.372. The van der Waals surface area contributed by atoms with Crippen LogP contribution in [-0.2, 0) is 22.7 Å². The maximum Gasteiger partial charge on any atom is 0.310 e. The molecule has 0 spiro atoms. The van der Waals surface area contributed by atoms with Gasteiger partial charge in [0, 0.05) is 5.57 Å². The monoisotopic (exact) mass is 371 g/mol. The zero-order valence-corrected chi connectivity index (χ0v) is 14.4. The van der Waals surface area contributed by atoms with Crippen LogP contribution in [0.15, 0.2) is 11.6 Å². The van der Waals surface area contributed by atoms with Gasteiger partial charge in [0.05, 0.1) is 29.7 Å². The third-order valence-corrected chi connectivity index (χ3v) is 4.73. The Morgan fingerprint density at radius 3 is 2.15 bits per heavy atom. The standard InChI is InChI=1S/C18H17F4NO3/c1-8(5-23)4-11-12(18(11,2)3)17(25)26-7-10-15(21)13(19)9(6-24)14(20)16(10)22/h4,11-12,24H,6-7H2,1-3H3/b8-4+/t11-,12+/m1/s1. The molecule has 1 aliphatic rings. The molecule has 0 bridgehead atoms. The number of allylic oxidation sites excluding steroid dienone is 2. The molecule has 4 nitrogen and oxygen atoms in total. The highest BCUT2D eigenvalue weighted by atomic mass is 19.2. The van der Waals surface area contributed by atoms with Gasteiger partial charge in [0.15, 0.2) is 23.3 Å². The zero-order chi connectivity index (χ0) is 19.8. The first-order chi connectivity index (χ1) is 12.1. The topological polar surface area (TPSA) is 70.3 Å². The van der Waals surface area contributed by atoms with E-state index >= 15 is 0 Å². The average Bonchev–Trinajstić information content (AvgIpc) is 3.13. The van der Waals surface area contributed by atoms with E-state index in [1.54, 1.807) is 26.8 Å². The second-order valence-electron chi connectivity index (χ2n) is 6.77. The highest BCUT2D eigenvalue weighted by Gasteiger charge is 2.61. The maximum absolute atomic E-state index is 13.9. The molecule has 1 aromatic carbocycles. The number of halogens is 4. The van der Waals surface area contributed by atoms with E-state index < -0.39 is 64.9 Å². The van der Waals surface area contributed by atoms with Gasteiger partial charge in [0.2, 0.25) is 0 Å². The fraction of sp³-hybridized carbons (Fsp3) is 0.444. The third-order valence-electron chi connectivity index (χ3n) is 4.73. The number of ether oxygens (including phenoxy) is 1. The molecule has 0 aromatic heterocycles. The van der Waals surface area contributed by atoms with Crippen molar-refractivity contribution in [1.29, 1.82) is 5.26 Å². The van der Waals surface area contributed by atoms with Gasteiger partial charge in [-0.05, 0) is 18.3 Å². The Hall–Kier alpha value is -2.40. The van der Waals surface area contributed by atoms with Crippen LogP contribution in [0.5, 0.6) is 0 Å². The summed E-state index contributed by atoms with van der Waals surface area (Å²) in [5, 5.41) is 17.6. The number of hydrogen-bond acceptors (Lipinski definition) is 4. The smallest absolute Gasteiger partial charge is 0.310 e. The molecule has 0 radical (unpaired) electrons. The van der Waals surface area contributed by atoms with Gasteiger partial charge in [-0.1, -0.05) is 19.9 Å². The van der Waals surface area contributed by atoms with Gasteiger partial charge in [0.25, 0.3) is 0 Å². The first kappa shape index (κ1) is 19.9. The molecule has 1 N–H and O–H groups in total. The number of benzene rings is 1. The fourth-order valence-corrected chi connectivity index (χ4v) is 2.97. The van der Waals surface area contributed by atoms with E-state index in [9.17, 15) is 22.4 Å². The number of rotatable bonds is 5. The first-order valence-electron chi connectivity index (χ1n) is 7.77. The van der Waals surface area contributed by atoms with Crippen molar-refractivity contribution in [3.8, 4) is 6.07 Å². The summed E-state index contributed by atoms with van der Waals surface area (Å²) in [6.45, 7) is 2.91. The normalized spacial score (nSPS) is 21.3. The lowest BCUT2D eigenvalue weighted by molar-refractivity contribution is -0.147. The van der Waals surface area contributed by atoms with E-state index in [4.69, 9.17) is 15.1 Å². The van der Waals surface area contributed by atoms with E-state index in [2.05, 4.69) is 0 Å². The Kier molecular flexibility index (Phi) is 5.42. The summed E-state index contributed by atoms with van der Waals surface area (Å²) in [5.41, 5.74) is -2.29. The second kappa shape index (κ2) is 7.08. The van der Waals surface area contributed by atoms with Crippen molar-refractivity contribution in [3.63, 3.8) is 0 Å². The van der Waals surface area contributed by atoms with Gasteiger partial charge in [-0.3, -0.25) is 4.79 Å². The molecule has 140 valence electrons. The van der Waals surface area contributed by atoms with Crippen LogP contribution in [0, 0.1) is 51.9 Å². The Labute approximate surface area is 147 Å². The van der Waals surface area contributed by atoms with Crippen molar-refractivity contribution in [2.24, 2.45) is 17.3 Å². The van der Waals surface area contributed by atoms with Crippen molar-refractivity contribution in [1.82, 2.24) is 0 Å². The Morgan fingerprint density at radius 2 is 1.69 bits per heavy atom. The summed E-state index contributed by atoms with van der Waals surface area (Å²) < 4.78 is 59.9. The SMILES string of the molecule is C/C(C#N)=C\[C@@H]1[C@@H](C(=O)OCc2c(F)c(F)c(CO)c(F)c2F)C1(C)C. The lowest BCUT2D eigenvalue weighted by Crippen LogP contribution is -2.14. The molecule has 1 aliphatic carbocycles. The molecule has 26 heavy (non-hydrogen) atoms. The maximum atomic E-state index is 13.9. The average molecular weight is 371 g/mol. The van der Waals surface area contributed by atoms with Gasteiger partial charge in [-0.15, -0.1) is 0 Å². The van der Waals surface area contributed by atoms with Crippen molar-refractivity contribution < 1.29 is 32.2 Å². The molecule has 0 aliphatic heterocycles. The van der Waals surface area contributed by atoms with Crippen LogP contribution in [0.25, 0.3) is 0 Å². The molecule has 1 saturated carbocycles. The molecular weight excluding hydrogens is 354 g/mol. The Balaban J connectivity index is 2.18. The summed E-state index contributed by atoms with van der Waals surface area (Å²) in [6, 6.07) is 1.94. The van der Waals surface area contributed by atoms with Gasteiger partial charge < -0.3 is 9.84 Å².